The average molecular weight is 232 g/mol. The molecule has 0 fully saturated rings. The van der Waals surface area contributed by atoms with Crippen molar-refractivity contribution in [2.45, 2.75) is 19.0 Å². The molecule has 0 radical (unpaired) electrons. The van der Waals surface area contributed by atoms with Crippen LogP contribution in [0.25, 0.3) is 0 Å². The minimum atomic E-state index is -4.48. The molecule has 5 heteroatoms. The molecule has 16 heavy (non-hydrogen) atoms. The molecule has 0 aliphatic rings. The van der Waals surface area contributed by atoms with Gasteiger partial charge in [-0.05, 0) is 12.0 Å². The Labute approximate surface area is 90.7 Å². The summed E-state index contributed by atoms with van der Waals surface area (Å²) in [6.45, 7) is 0. The zero-order valence-corrected chi connectivity index (χ0v) is 8.37. The molecule has 1 aromatic rings. The van der Waals surface area contributed by atoms with E-state index in [0.717, 1.165) is 0 Å². The van der Waals surface area contributed by atoms with Crippen molar-refractivity contribution in [1.82, 2.24) is 0 Å². The molecule has 1 atom stereocenters. The Balaban J connectivity index is 2.75. The van der Waals surface area contributed by atoms with Gasteiger partial charge in [-0.1, -0.05) is 30.3 Å². The second-order valence-electron chi connectivity index (χ2n) is 3.53. The van der Waals surface area contributed by atoms with E-state index >= 15 is 0 Å². The summed E-state index contributed by atoms with van der Waals surface area (Å²) in [5.41, 5.74) is 0.492. The molecule has 0 amide bonds. The third-order valence-electron chi connectivity index (χ3n) is 2.21. The fourth-order valence-electron chi connectivity index (χ4n) is 1.41. The van der Waals surface area contributed by atoms with Crippen molar-refractivity contribution < 1.29 is 23.1 Å². The van der Waals surface area contributed by atoms with Crippen molar-refractivity contribution in [3.63, 3.8) is 0 Å². The van der Waals surface area contributed by atoms with Gasteiger partial charge in [0.05, 0.1) is 12.3 Å². The molecule has 0 saturated heterocycles. The lowest BCUT2D eigenvalue weighted by molar-refractivity contribution is -0.182. The van der Waals surface area contributed by atoms with Crippen LogP contribution >= 0.6 is 0 Å². The molecule has 0 spiro atoms. The maximum atomic E-state index is 12.5. The SMILES string of the molecule is O=C(O)CC(Cc1ccccc1)C(F)(F)F. The molecule has 0 bridgehead atoms. The number of carboxylic acids is 1. The fraction of sp³-hybridized carbons (Fsp3) is 0.364. The van der Waals surface area contributed by atoms with E-state index in [1.54, 1.807) is 30.3 Å². The van der Waals surface area contributed by atoms with Gasteiger partial charge in [-0.3, -0.25) is 4.79 Å². The van der Waals surface area contributed by atoms with E-state index in [-0.39, 0.29) is 6.42 Å². The monoisotopic (exact) mass is 232 g/mol. The molecule has 88 valence electrons. The quantitative estimate of drug-likeness (QED) is 0.866. The van der Waals surface area contributed by atoms with Crippen molar-refractivity contribution in [2.75, 3.05) is 0 Å². The van der Waals surface area contributed by atoms with E-state index in [9.17, 15) is 18.0 Å². The third-order valence-corrected chi connectivity index (χ3v) is 2.21. The smallest absolute Gasteiger partial charge is 0.392 e. The predicted molar refractivity (Wildman–Crippen MR) is 51.9 cm³/mol. The summed E-state index contributed by atoms with van der Waals surface area (Å²) < 4.78 is 37.5. The van der Waals surface area contributed by atoms with E-state index in [2.05, 4.69) is 0 Å². The topological polar surface area (TPSA) is 37.3 Å². The van der Waals surface area contributed by atoms with Crippen molar-refractivity contribution >= 4 is 5.97 Å². The van der Waals surface area contributed by atoms with E-state index in [1.165, 1.54) is 0 Å². The van der Waals surface area contributed by atoms with Gasteiger partial charge in [0.1, 0.15) is 0 Å². The fourth-order valence-corrected chi connectivity index (χ4v) is 1.41. The second-order valence-corrected chi connectivity index (χ2v) is 3.53. The highest BCUT2D eigenvalue weighted by Gasteiger charge is 2.40. The van der Waals surface area contributed by atoms with Gasteiger partial charge in [0, 0.05) is 0 Å². The standard InChI is InChI=1S/C11H11F3O2/c12-11(13,14)9(7-10(15)16)6-8-4-2-1-3-5-8/h1-5,9H,6-7H2,(H,15,16). The van der Waals surface area contributed by atoms with Gasteiger partial charge in [-0.15, -0.1) is 0 Å². The summed E-state index contributed by atoms with van der Waals surface area (Å²) in [6, 6.07) is 8.07. The van der Waals surface area contributed by atoms with Crippen molar-refractivity contribution in [3.8, 4) is 0 Å². The summed E-state index contributed by atoms with van der Waals surface area (Å²) in [7, 11) is 0. The summed E-state index contributed by atoms with van der Waals surface area (Å²) in [4.78, 5) is 10.3. The van der Waals surface area contributed by atoms with Crippen molar-refractivity contribution in [3.05, 3.63) is 35.9 Å². The Hall–Kier alpha value is -1.52. The van der Waals surface area contributed by atoms with E-state index in [4.69, 9.17) is 5.11 Å². The van der Waals surface area contributed by atoms with Crippen LogP contribution in [-0.2, 0) is 11.2 Å². The Morgan fingerprint density at radius 1 is 1.25 bits per heavy atom. The zero-order chi connectivity index (χ0) is 12.2. The van der Waals surface area contributed by atoms with Gasteiger partial charge in [-0.25, -0.2) is 0 Å². The van der Waals surface area contributed by atoms with Gasteiger partial charge in [0.2, 0.25) is 0 Å². The first kappa shape index (κ1) is 12.5. The van der Waals surface area contributed by atoms with Crippen molar-refractivity contribution in [2.24, 2.45) is 5.92 Å². The maximum absolute atomic E-state index is 12.5. The van der Waals surface area contributed by atoms with Crippen molar-refractivity contribution in [1.29, 1.82) is 0 Å². The Kier molecular flexibility index (Phi) is 3.93. The Bertz CT molecular complexity index is 346. The molecule has 0 aromatic heterocycles. The summed E-state index contributed by atoms with van der Waals surface area (Å²) in [5.74, 6) is -3.26. The van der Waals surface area contributed by atoms with Crippen LogP contribution in [0.1, 0.15) is 12.0 Å². The van der Waals surface area contributed by atoms with Crippen LogP contribution in [0.4, 0.5) is 13.2 Å². The largest absolute Gasteiger partial charge is 0.481 e. The molecule has 0 heterocycles. The summed E-state index contributed by atoms with van der Waals surface area (Å²) >= 11 is 0. The highest BCUT2D eigenvalue weighted by Crippen LogP contribution is 2.31. The third kappa shape index (κ3) is 3.92. The number of hydrogen-bond donors (Lipinski definition) is 1. The average Bonchev–Trinajstić information content (AvgIpc) is 2.16. The minimum Gasteiger partial charge on any atom is -0.481 e. The number of rotatable bonds is 4. The molecule has 1 N–H and O–H groups in total. The zero-order valence-electron chi connectivity index (χ0n) is 8.37. The van der Waals surface area contributed by atoms with Crippen LogP contribution in [0.5, 0.6) is 0 Å². The van der Waals surface area contributed by atoms with Crippen LogP contribution < -0.4 is 0 Å². The first-order chi connectivity index (χ1) is 7.39. The van der Waals surface area contributed by atoms with Gasteiger partial charge in [0.15, 0.2) is 0 Å². The number of hydrogen-bond acceptors (Lipinski definition) is 1. The van der Waals surface area contributed by atoms with Crippen LogP contribution in [0.3, 0.4) is 0 Å². The van der Waals surface area contributed by atoms with E-state index < -0.39 is 24.5 Å². The van der Waals surface area contributed by atoms with Crippen LogP contribution in [0, 0.1) is 5.92 Å². The predicted octanol–water partition coefficient (Wildman–Crippen LogP) is 2.88. The molecule has 1 aromatic carbocycles. The lowest BCUT2D eigenvalue weighted by atomic mass is 9.96. The van der Waals surface area contributed by atoms with Crippen LogP contribution in [0.2, 0.25) is 0 Å². The highest BCUT2D eigenvalue weighted by molar-refractivity contribution is 5.67. The van der Waals surface area contributed by atoms with Crippen LogP contribution in [-0.4, -0.2) is 17.3 Å². The lowest BCUT2D eigenvalue weighted by Gasteiger charge is -2.18. The number of carbonyl (C=O) groups is 1. The summed E-state index contributed by atoms with van der Waals surface area (Å²) in [6.07, 6.45) is -5.66. The van der Waals surface area contributed by atoms with Gasteiger partial charge in [0.25, 0.3) is 0 Å². The first-order valence-electron chi connectivity index (χ1n) is 4.72. The molecule has 0 aliphatic heterocycles. The minimum absolute atomic E-state index is 0.295. The Morgan fingerprint density at radius 3 is 2.25 bits per heavy atom. The van der Waals surface area contributed by atoms with E-state index in [0.29, 0.717) is 5.56 Å². The molecule has 0 saturated carbocycles. The molecule has 0 aliphatic carbocycles. The number of halogens is 3. The first-order valence-corrected chi connectivity index (χ1v) is 4.72. The number of benzene rings is 1. The maximum Gasteiger partial charge on any atom is 0.392 e. The second kappa shape index (κ2) is 5.01. The normalized spacial score (nSPS) is 13.4. The van der Waals surface area contributed by atoms with Crippen LogP contribution in [0.15, 0.2) is 30.3 Å². The molecule has 1 rings (SSSR count). The van der Waals surface area contributed by atoms with Gasteiger partial charge in [-0.2, -0.15) is 13.2 Å². The summed E-state index contributed by atoms with van der Waals surface area (Å²) in [5, 5.41) is 8.43. The molecular weight excluding hydrogens is 221 g/mol. The molecular formula is C11H11F3O2. The molecule has 1 unspecified atom stereocenters. The van der Waals surface area contributed by atoms with Gasteiger partial charge >= 0.3 is 12.1 Å². The number of carboxylic acid groups (broad SMARTS) is 1. The lowest BCUT2D eigenvalue weighted by Crippen LogP contribution is -2.27. The number of alkyl halides is 3. The Morgan fingerprint density at radius 2 is 1.81 bits per heavy atom. The van der Waals surface area contributed by atoms with E-state index in [1.807, 2.05) is 0 Å². The number of aliphatic carboxylic acids is 1. The highest BCUT2D eigenvalue weighted by atomic mass is 19.4. The van der Waals surface area contributed by atoms with Gasteiger partial charge < -0.3 is 5.11 Å². The molecule has 2 nitrogen and oxygen atoms in total.